The molecule has 0 aliphatic rings. The van der Waals surface area contributed by atoms with E-state index in [0.29, 0.717) is 11.8 Å². The molecule has 0 radical (unpaired) electrons. The minimum atomic E-state index is -4.63. The van der Waals surface area contributed by atoms with Crippen LogP contribution in [0.25, 0.3) is 0 Å². The van der Waals surface area contributed by atoms with Crippen LogP contribution in [0.4, 0.5) is 13.2 Å². The molecule has 1 N–H and O–H groups in total. The number of rotatable bonds is 6. The van der Waals surface area contributed by atoms with E-state index in [1.54, 1.807) is 0 Å². The number of halogens is 4. The van der Waals surface area contributed by atoms with Crippen molar-refractivity contribution in [1.82, 2.24) is 14.5 Å². The molecule has 1 aromatic heterocycles. The van der Waals surface area contributed by atoms with Gasteiger partial charge in [0.15, 0.2) is 0 Å². The Bertz CT molecular complexity index is 866. The summed E-state index contributed by atoms with van der Waals surface area (Å²) in [5, 5.41) is 3.71. The van der Waals surface area contributed by atoms with Gasteiger partial charge in [-0.2, -0.15) is 18.3 Å². The third-order valence-electron chi connectivity index (χ3n) is 3.35. The summed E-state index contributed by atoms with van der Waals surface area (Å²) in [4.78, 5) is -0.164. The maximum absolute atomic E-state index is 12.9. The molecule has 25 heavy (non-hydrogen) atoms. The Morgan fingerprint density at radius 1 is 1.32 bits per heavy atom. The molecule has 0 amide bonds. The Hall–Kier alpha value is -1.62. The Balaban J connectivity index is 2.28. The van der Waals surface area contributed by atoms with Gasteiger partial charge in [-0.05, 0) is 23.8 Å². The van der Waals surface area contributed by atoms with E-state index in [4.69, 9.17) is 16.3 Å². The highest BCUT2D eigenvalue weighted by molar-refractivity contribution is 7.89. The van der Waals surface area contributed by atoms with Crippen LogP contribution in [0.5, 0.6) is 0 Å². The fourth-order valence-electron chi connectivity index (χ4n) is 2.18. The van der Waals surface area contributed by atoms with Gasteiger partial charge in [0, 0.05) is 19.2 Å². The quantitative estimate of drug-likeness (QED) is 0.813. The Kier molecular flexibility index (Phi) is 5.77. The first-order valence-corrected chi connectivity index (χ1v) is 8.77. The van der Waals surface area contributed by atoms with E-state index in [2.05, 4.69) is 9.82 Å². The first-order chi connectivity index (χ1) is 11.5. The standard InChI is InChI=1S/C14H15ClF3N3O3S/c1-21-13(12(6-19-21)14(16,17)18)7-20-25(22,23)11-4-9(8-24-2)3-10(15)5-11/h3-6,20H,7-8H2,1-2H3. The summed E-state index contributed by atoms with van der Waals surface area (Å²) in [5.74, 6) is 0. The van der Waals surface area contributed by atoms with E-state index in [-0.39, 0.29) is 22.2 Å². The topological polar surface area (TPSA) is 73.2 Å². The van der Waals surface area contributed by atoms with Crippen molar-refractivity contribution in [1.29, 1.82) is 0 Å². The van der Waals surface area contributed by atoms with Gasteiger partial charge < -0.3 is 4.74 Å². The highest BCUT2D eigenvalue weighted by Crippen LogP contribution is 2.31. The highest BCUT2D eigenvalue weighted by Gasteiger charge is 2.36. The second-order valence-electron chi connectivity index (χ2n) is 5.18. The van der Waals surface area contributed by atoms with E-state index < -0.39 is 28.3 Å². The number of aryl methyl sites for hydroxylation is 1. The summed E-state index contributed by atoms with van der Waals surface area (Å²) in [6, 6.07) is 4.08. The summed E-state index contributed by atoms with van der Waals surface area (Å²) < 4.78 is 71.6. The lowest BCUT2D eigenvalue weighted by molar-refractivity contribution is -0.138. The van der Waals surface area contributed by atoms with Gasteiger partial charge in [-0.25, -0.2) is 13.1 Å². The zero-order chi connectivity index (χ0) is 18.8. The lowest BCUT2D eigenvalue weighted by atomic mass is 10.2. The second kappa shape index (κ2) is 7.32. The molecule has 0 fully saturated rings. The first-order valence-electron chi connectivity index (χ1n) is 6.90. The molecule has 6 nitrogen and oxygen atoms in total. The Morgan fingerprint density at radius 2 is 2.00 bits per heavy atom. The summed E-state index contributed by atoms with van der Waals surface area (Å²) in [7, 11) is -1.34. The summed E-state index contributed by atoms with van der Waals surface area (Å²) in [5.41, 5.74) is -0.772. The molecule has 2 rings (SSSR count). The largest absolute Gasteiger partial charge is 0.419 e. The van der Waals surface area contributed by atoms with Crippen molar-refractivity contribution in [2.45, 2.75) is 24.2 Å². The fourth-order valence-corrected chi connectivity index (χ4v) is 3.59. The molecule has 0 saturated heterocycles. The maximum atomic E-state index is 12.9. The molecule has 1 aromatic carbocycles. The van der Waals surface area contributed by atoms with Crippen LogP contribution in [0, 0.1) is 0 Å². The number of aromatic nitrogens is 2. The molecule has 138 valence electrons. The van der Waals surface area contributed by atoms with Gasteiger partial charge in [0.2, 0.25) is 10.0 Å². The molecule has 11 heteroatoms. The first kappa shape index (κ1) is 19.7. The minimum Gasteiger partial charge on any atom is -0.380 e. The summed E-state index contributed by atoms with van der Waals surface area (Å²) in [6.07, 6.45) is -3.98. The average Bonchev–Trinajstić information content (AvgIpc) is 2.86. The maximum Gasteiger partial charge on any atom is 0.419 e. The van der Waals surface area contributed by atoms with Crippen LogP contribution < -0.4 is 4.72 Å². The van der Waals surface area contributed by atoms with E-state index in [0.717, 1.165) is 4.68 Å². The number of nitrogens with one attached hydrogen (secondary N) is 1. The van der Waals surface area contributed by atoms with Crippen LogP contribution in [-0.4, -0.2) is 25.3 Å². The molecule has 0 spiro atoms. The van der Waals surface area contributed by atoms with Crippen LogP contribution in [0.1, 0.15) is 16.8 Å². The molecular formula is C14H15ClF3N3O3S. The van der Waals surface area contributed by atoms with E-state index >= 15 is 0 Å². The summed E-state index contributed by atoms with van der Waals surface area (Å²) in [6.45, 7) is -0.428. The normalized spacial score (nSPS) is 12.6. The smallest absolute Gasteiger partial charge is 0.380 e. The van der Waals surface area contributed by atoms with Crippen molar-refractivity contribution in [2.75, 3.05) is 7.11 Å². The second-order valence-corrected chi connectivity index (χ2v) is 7.38. The molecule has 0 aliphatic heterocycles. The average molecular weight is 398 g/mol. The van der Waals surface area contributed by atoms with Crippen LogP contribution in [0.2, 0.25) is 5.02 Å². The monoisotopic (exact) mass is 397 g/mol. The Morgan fingerprint density at radius 3 is 2.60 bits per heavy atom. The third kappa shape index (κ3) is 4.72. The number of ether oxygens (including phenoxy) is 1. The number of alkyl halides is 3. The number of methoxy groups -OCH3 is 1. The third-order valence-corrected chi connectivity index (χ3v) is 4.95. The SMILES string of the molecule is COCc1cc(Cl)cc(S(=O)(=O)NCc2c(C(F)(F)F)cnn2C)c1. The van der Waals surface area contributed by atoms with Crippen LogP contribution in [-0.2, 0) is 41.1 Å². The summed E-state index contributed by atoms with van der Waals surface area (Å²) >= 11 is 5.89. The molecular weight excluding hydrogens is 383 g/mol. The van der Waals surface area contributed by atoms with E-state index in [1.807, 2.05) is 0 Å². The van der Waals surface area contributed by atoms with Crippen molar-refractivity contribution in [3.63, 3.8) is 0 Å². The van der Waals surface area contributed by atoms with Gasteiger partial charge in [-0.1, -0.05) is 11.6 Å². The van der Waals surface area contributed by atoms with Crippen LogP contribution in [0.3, 0.4) is 0 Å². The zero-order valence-corrected chi connectivity index (χ0v) is 14.8. The zero-order valence-electron chi connectivity index (χ0n) is 13.3. The molecule has 0 saturated carbocycles. The van der Waals surface area contributed by atoms with Crippen molar-refractivity contribution >= 4 is 21.6 Å². The van der Waals surface area contributed by atoms with Gasteiger partial charge in [-0.3, -0.25) is 4.68 Å². The Labute approximate surface area is 147 Å². The van der Waals surface area contributed by atoms with Gasteiger partial charge in [-0.15, -0.1) is 0 Å². The molecule has 0 atom stereocenters. The van der Waals surface area contributed by atoms with Gasteiger partial charge in [0.05, 0.1) is 35.5 Å². The van der Waals surface area contributed by atoms with Gasteiger partial charge in [0.25, 0.3) is 0 Å². The molecule has 0 aliphatic carbocycles. The predicted molar refractivity (Wildman–Crippen MR) is 84.4 cm³/mol. The fraction of sp³-hybridized carbons (Fsp3) is 0.357. The van der Waals surface area contributed by atoms with E-state index in [1.165, 1.54) is 32.4 Å². The molecule has 0 unspecified atom stereocenters. The highest BCUT2D eigenvalue weighted by atomic mass is 35.5. The molecule has 2 aromatic rings. The van der Waals surface area contributed by atoms with Crippen molar-refractivity contribution in [2.24, 2.45) is 7.05 Å². The predicted octanol–water partition coefficient (Wildman–Crippen LogP) is 2.72. The van der Waals surface area contributed by atoms with Gasteiger partial charge >= 0.3 is 6.18 Å². The number of benzene rings is 1. The lowest BCUT2D eigenvalue weighted by Gasteiger charge is -2.12. The van der Waals surface area contributed by atoms with E-state index in [9.17, 15) is 21.6 Å². The number of hydrogen-bond acceptors (Lipinski definition) is 4. The minimum absolute atomic E-state index is 0.142. The number of sulfonamides is 1. The molecule has 0 bridgehead atoms. The van der Waals surface area contributed by atoms with Crippen LogP contribution in [0.15, 0.2) is 29.3 Å². The van der Waals surface area contributed by atoms with Crippen molar-refractivity contribution < 1.29 is 26.3 Å². The lowest BCUT2D eigenvalue weighted by Crippen LogP contribution is -2.26. The van der Waals surface area contributed by atoms with Crippen molar-refractivity contribution in [3.05, 3.63) is 46.2 Å². The van der Waals surface area contributed by atoms with Crippen molar-refractivity contribution in [3.8, 4) is 0 Å². The van der Waals surface area contributed by atoms with Gasteiger partial charge in [0.1, 0.15) is 0 Å². The number of hydrogen-bond donors (Lipinski definition) is 1. The number of nitrogens with zero attached hydrogens (tertiary/aromatic N) is 2. The van der Waals surface area contributed by atoms with Crippen LogP contribution >= 0.6 is 11.6 Å². The molecule has 1 heterocycles.